The Hall–Kier alpha value is -1.82. The maximum absolute atomic E-state index is 13.0. The number of hydrogen-bond acceptors (Lipinski definition) is 3. The van der Waals surface area contributed by atoms with Crippen LogP contribution in [0, 0.1) is 5.82 Å². The summed E-state index contributed by atoms with van der Waals surface area (Å²) < 4.78 is 42.8. The molecule has 0 fully saturated rings. The van der Waals surface area contributed by atoms with Crippen LogP contribution in [0.25, 0.3) is 0 Å². The first-order valence-electron chi connectivity index (χ1n) is 6.88. The van der Waals surface area contributed by atoms with Crippen molar-refractivity contribution in [1.82, 2.24) is 4.31 Å². The van der Waals surface area contributed by atoms with Gasteiger partial charge in [-0.3, -0.25) is 4.31 Å². The van der Waals surface area contributed by atoms with Gasteiger partial charge >= 0.3 is 0 Å². The Labute approximate surface area is 132 Å². The first kappa shape index (κ1) is 18.2. The standard InChI is InChI=1S/C16H22FNO3S/c1-6-16(14-7-9-15(17)10-8-14)21-13(3)11-12(2)18(4)22(5,19)20/h7-11,16H,2,6H2,1,3-5H3/b13-11+. The molecular formula is C16H22FNO3S. The van der Waals surface area contributed by atoms with Gasteiger partial charge in [0.05, 0.1) is 12.0 Å². The Morgan fingerprint density at radius 1 is 1.41 bits per heavy atom. The van der Waals surface area contributed by atoms with E-state index in [-0.39, 0.29) is 11.9 Å². The summed E-state index contributed by atoms with van der Waals surface area (Å²) in [5.74, 6) is 0.241. The molecule has 1 atom stereocenters. The van der Waals surface area contributed by atoms with Crippen molar-refractivity contribution in [2.75, 3.05) is 13.3 Å². The van der Waals surface area contributed by atoms with Crippen molar-refractivity contribution in [3.05, 3.63) is 59.8 Å². The summed E-state index contributed by atoms with van der Waals surface area (Å²) in [6.45, 7) is 7.41. The van der Waals surface area contributed by atoms with E-state index in [4.69, 9.17) is 4.74 Å². The van der Waals surface area contributed by atoms with Crippen LogP contribution >= 0.6 is 0 Å². The van der Waals surface area contributed by atoms with Gasteiger partial charge in [-0.1, -0.05) is 25.6 Å². The minimum absolute atomic E-state index is 0.229. The highest BCUT2D eigenvalue weighted by Gasteiger charge is 2.14. The molecule has 0 radical (unpaired) electrons. The number of nitrogens with zero attached hydrogens (tertiary/aromatic N) is 1. The van der Waals surface area contributed by atoms with Crippen LogP contribution in [0.3, 0.4) is 0 Å². The van der Waals surface area contributed by atoms with Gasteiger partial charge in [0.2, 0.25) is 10.0 Å². The summed E-state index contributed by atoms with van der Waals surface area (Å²) in [6.07, 6.45) is 3.14. The molecule has 0 spiro atoms. The molecule has 0 saturated heterocycles. The minimum Gasteiger partial charge on any atom is -0.490 e. The van der Waals surface area contributed by atoms with E-state index in [0.717, 1.165) is 16.1 Å². The van der Waals surface area contributed by atoms with Crippen LogP contribution in [0.2, 0.25) is 0 Å². The van der Waals surface area contributed by atoms with Gasteiger partial charge in [-0.15, -0.1) is 0 Å². The molecule has 6 heteroatoms. The van der Waals surface area contributed by atoms with E-state index in [9.17, 15) is 12.8 Å². The van der Waals surface area contributed by atoms with Crippen LogP contribution in [0.4, 0.5) is 4.39 Å². The lowest BCUT2D eigenvalue weighted by Gasteiger charge is -2.21. The summed E-state index contributed by atoms with van der Waals surface area (Å²) in [6, 6.07) is 6.12. The lowest BCUT2D eigenvalue weighted by Crippen LogP contribution is -2.23. The van der Waals surface area contributed by atoms with Gasteiger partial charge < -0.3 is 4.74 Å². The minimum atomic E-state index is -3.35. The van der Waals surface area contributed by atoms with E-state index in [1.165, 1.54) is 19.2 Å². The summed E-state index contributed by atoms with van der Waals surface area (Å²) in [7, 11) is -1.92. The molecule has 1 aromatic rings. The first-order chi connectivity index (χ1) is 10.1. The van der Waals surface area contributed by atoms with Crippen molar-refractivity contribution >= 4 is 10.0 Å². The topological polar surface area (TPSA) is 46.6 Å². The highest BCUT2D eigenvalue weighted by molar-refractivity contribution is 7.88. The van der Waals surface area contributed by atoms with Crippen LogP contribution in [-0.2, 0) is 14.8 Å². The monoisotopic (exact) mass is 327 g/mol. The zero-order valence-electron chi connectivity index (χ0n) is 13.3. The highest BCUT2D eigenvalue weighted by atomic mass is 32.2. The lowest BCUT2D eigenvalue weighted by atomic mass is 10.1. The van der Waals surface area contributed by atoms with Crippen molar-refractivity contribution in [1.29, 1.82) is 0 Å². The SMILES string of the molecule is C=C(/C=C(\C)OC(CC)c1ccc(F)cc1)N(C)S(C)(=O)=O. The zero-order valence-corrected chi connectivity index (χ0v) is 14.2. The number of allylic oxidation sites excluding steroid dienone is 2. The van der Waals surface area contributed by atoms with E-state index in [1.54, 1.807) is 25.1 Å². The summed E-state index contributed by atoms with van der Waals surface area (Å²) in [5.41, 5.74) is 1.17. The van der Waals surface area contributed by atoms with Crippen molar-refractivity contribution in [2.24, 2.45) is 0 Å². The van der Waals surface area contributed by atoms with Crippen LogP contribution in [0.1, 0.15) is 31.9 Å². The van der Waals surface area contributed by atoms with Gasteiger partial charge in [-0.25, -0.2) is 12.8 Å². The predicted octanol–water partition coefficient (Wildman–Crippen LogP) is 3.60. The third kappa shape index (κ3) is 5.18. The second-order valence-corrected chi connectivity index (χ2v) is 7.06. The maximum atomic E-state index is 13.0. The molecule has 1 aromatic carbocycles. The number of sulfonamides is 1. The molecule has 122 valence electrons. The van der Waals surface area contributed by atoms with Crippen molar-refractivity contribution in [3.63, 3.8) is 0 Å². The van der Waals surface area contributed by atoms with Gasteiger partial charge in [0.25, 0.3) is 0 Å². The van der Waals surface area contributed by atoms with E-state index < -0.39 is 10.0 Å². The Bertz CT molecular complexity index is 650. The van der Waals surface area contributed by atoms with Gasteiger partial charge in [-0.2, -0.15) is 0 Å². The second kappa shape index (κ2) is 7.45. The molecule has 1 rings (SSSR count). The third-order valence-electron chi connectivity index (χ3n) is 3.21. The molecule has 0 saturated carbocycles. The Balaban J connectivity index is 2.84. The lowest BCUT2D eigenvalue weighted by molar-refractivity contribution is 0.114. The molecule has 0 heterocycles. The normalized spacial score (nSPS) is 13.6. The quantitative estimate of drug-likeness (QED) is 0.568. The van der Waals surface area contributed by atoms with Crippen LogP contribution in [0.15, 0.2) is 48.4 Å². The van der Waals surface area contributed by atoms with E-state index >= 15 is 0 Å². The molecular weight excluding hydrogens is 305 g/mol. The van der Waals surface area contributed by atoms with Crippen molar-refractivity contribution in [3.8, 4) is 0 Å². The number of benzene rings is 1. The van der Waals surface area contributed by atoms with Gasteiger partial charge in [0, 0.05) is 12.7 Å². The molecule has 22 heavy (non-hydrogen) atoms. The van der Waals surface area contributed by atoms with Crippen LogP contribution in [0.5, 0.6) is 0 Å². The Kier molecular flexibility index (Phi) is 6.17. The molecule has 0 bridgehead atoms. The van der Waals surface area contributed by atoms with Crippen LogP contribution < -0.4 is 0 Å². The molecule has 1 unspecified atom stereocenters. The van der Waals surface area contributed by atoms with E-state index in [2.05, 4.69) is 6.58 Å². The summed E-state index contributed by atoms with van der Waals surface area (Å²) in [4.78, 5) is 0. The van der Waals surface area contributed by atoms with Gasteiger partial charge in [-0.05, 0) is 37.1 Å². The highest BCUT2D eigenvalue weighted by Crippen LogP contribution is 2.24. The van der Waals surface area contributed by atoms with Gasteiger partial charge in [0.1, 0.15) is 11.9 Å². The second-order valence-electron chi connectivity index (χ2n) is 5.04. The fourth-order valence-electron chi connectivity index (χ4n) is 1.86. The summed E-state index contributed by atoms with van der Waals surface area (Å²) >= 11 is 0. The molecule has 0 aromatic heterocycles. The number of hydrogen-bond donors (Lipinski definition) is 0. The molecule has 0 amide bonds. The van der Waals surface area contributed by atoms with Crippen molar-refractivity contribution < 1.29 is 17.5 Å². The molecule has 0 aliphatic heterocycles. The van der Waals surface area contributed by atoms with Gasteiger partial charge in [0.15, 0.2) is 0 Å². The number of rotatable bonds is 7. The number of ether oxygens (including phenoxy) is 1. The predicted molar refractivity (Wildman–Crippen MR) is 86.0 cm³/mol. The Morgan fingerprint density at radius 3 is 2.41 bits per heavy atom. The van der Waals surface area contributed by atoms with E-state index in [1.807, 2.05) is 6.92 Å². The van der Waals surface area contributed by atoms with E-state index in [0.29, 0.717) is 17.9 Å². The fourth-order valence-corrected chi connectivity index (χ4v) is 2.34. The summed E-state index contributed by atoms with van der Waals surface area (Å²) in [5, 5.41) is 0. The zero-order chi connectivity index (χ0) is 16.9. The molecule has 0 aliphatic carbocycles. The molecule has 4 nitrogen and oxygen atoms in total. The average molecular weight is 327 g/mol. The number of likely N-dealkylation sites (N-methyl/N-ethyl adjacent to an activating group) is 1. The third-order valence-corrected chi connectivity index (χ3v) is 4.44. The largest absolute Gasteiger partial charge is 0.490 e. The average Bonchev–Trinajstić information content (AvgIpc) is 2.43. The molecule has 0 aliphatic rings. The Morgan fingerprint density at radius 2 is 1.95 bits per heavy atom. The smallest absolute Gasteiger partial charge is 0.231 e. The fraction of sp³-hybridized carbons (Fsp3) is 0.375. The van der Waals surface area contributed by atoms with Crippen molar-refractivity contribution in [2.45, 2.75) is 26.4 Å². The molecule has 0 N–H and O–H groups in total. The maximum Gasteiger partial charge on any atom is 0.231 e. The number of halogens is 1. The van der Waals surface area contributed by atoms with Crippen LogP contribution in [-0.4, -0.2) is 26.0 Å². The first-order valence-corrected chi connectivity index (χ1v) is 8.73.